The van der Waals surface area contributed by atoms with Crippen molar-refractivity contribution in [2.24, 2.45) is 4.99 Å². The van der Waals surface area contributed by atoms with E-state index in [1.165, 1.54) is 12.3 Å². The number of aromatic nitrogens is 1. The lowest BCUT2D eigenvalue weighted by atomic mass is 9.99. The molecule has 3 rings (SSSR count). The van der Waals surface area contributed by atoms with E-state index < -0.39 is 18.3 Å². The number of anilines is 1. The van der Waals surface area contributed by atoms with Crippen LogP contribution in [-0.4, -0.2) is 27.7 Å². The molecule has 1 unspecified atom stereocenters. The van der Waals surface area contributed by atoms with Crippen LogP contribution in [0.25, 0.3) is 0 Å². The molecule has 0 saturated heterocycles. The van der Waals surface area contributed by atoms with Gasteiger partial charge in [-0.15, -0.1) is 0 Å². The van der Waals surface area contributed by atoms with Gasteiger partial charge in [0.15, 0.2) is 5.82 Å². The van der Waals surface area contributed by atoms with Gasteiger partial charge in [0.2, 0.25) is 5.72 Å². The van der Waals surface area contributed by atoms with Crippen LogP contribution in [0.4, 0.5) is 24.7 Å². The van der Waals surface area contributed by atoms with Gasteiger partial charge in [0, 0.05) is 17.6 Å². The van der Waals surface area contributed by atoms with E-state index in [4.69, 9.17) is 11.6 Å². The zero-order valence-corrected chi connectivity index (χ0v) is 12.4. The summed E-state index contributed by atoms with van der Waals surface area (Å²) in [5.41, 5.74) is -2.42. The molecule has 1 aromatic heterocycles. The maximum absolute atomic E-state index is 13.3. The fourth-order valence-electron chi connectivity index (χ4n) is 2.23. The number of nitrogens with one attached hydrogen (secondary N) is 1. The van der Waals surface area contributed by atoms with Crippen LogP contribution in [0.1, 0.15) is 12.0 Å². The van der Waals surface area contributed by atoms with E-state index in [1.54, 1.807) is 30.3 Å². The maximum atomic E-state index is 13.3. The molecule has 0 bridgehead atoms. The summed E-state index contributed by atoms with van der Waals surface area (Å²) in [6.45, 7) is 0. The van der Waals surface area contributed by atoms with Gasteiger partial charge in [-0.3, -0.25) is 0 Å². The quantitative estimate of drug-likeness (QED) is 0.826. The summed E-state index contributed by atoms with van der Waals surface area (Å²) in [6, 6.07) is 9.29. The Morgan fingerprint density at radius 3 is 2.52 bits per heavy atom. The fraction of sp³-hybridized carbons (Fsp3) is 0.200. The van der Waals surface area contributed by atoms with Gasteiger partial charge >= 0.3 is 6.18 Å². The normalized spacial score (nSPS) is 21.0. The van der Waals surface area contributed by atoms with E-state index in [0.29, 0.717) is 10.6 Å². The van der Waals surface area contributed by atoms with Crippen LogP contribution in [-0.2, 0) is 0 Å². The molecule has 0 saturated carbocycles. The van der Waals surface area contributed by atoms with Crippen molar-refractivity contribution in [1.82, 2.24) is 4.98 Å². The van der Waals surface area contributed by atoms with Crippen LogP contribution in [0.15, 0.2) is 47.6 Å². The predicted molar refractivity (Wildman–Crippen MR) is 81.1 cm³/mol. The van der Waals surface area contributed by atoms with Gasteiger partial charge < -0.3 is 10.4 Å². The van der Waals surface area contributed by atoms with Crippen molar-refractivity contribution in [2.75, 3.05) is 5.32 Å². The number of aliphatic imine (C=N–C) groups is 1. The predicted octanol–water partition coefficient (Wildman–Crippen LogP) is 3.92. The molecule has 1 aliphatic rings. The van der Waals surface area contributed by atoms with Gasteiger partial charge in [-0.25, -0.2) is 9.98 Å². The minimum atomic E-state index is -4.90. The number of halogens is 4. The number of hydrogen-bond acceptors (Lipinski definition) is 4. The Kier molecular flexibility index (Phi) is 3.77. The molecule has 0 spiro atoms. The second-order valence-corrected chi connectivity index (χ2v) is 5.53. The van der Waals surface area contributed by atoms with Crippen LogP contribution in [0, 0.1) is 0 Å². The number of benzene rings is 1. The lowest BCUT2D eigenvalue weighted by molar-refractivity contribution is -0.245. The van der Waals surface area contributed by atoms with Gasteiger partial charge in [-0.05, 0) is 29.8 Å². The largest absolute Gasteiger partial charge is 0.436 e. The first-order valence-electron chi connectivity index (χ1n) is 6.64. The van der Waals surface area contributed by atoms with Gasteiger partial charge in [-0.1, -0.05) is 23.7 Å². The standard InChI is InChI=1S/C15H11ClF3N3O/c16-10-5-3-9(4-6-10)12-8-14(23,15(17,18)19)22-13-11(21-12)2-1-7-20-13/h1-7,23H,8H2,(H,20,22). The first-order valence-corrected chi connectivity index (χ1v) is 7.02. The third-order valence-electron chi connectivity index (χ3n) is 3.44. The van der Waals surface area contributed by atoms with Crippen molar-refractivity contribution in [3.05, 3.63) is 53.2 Å². The van der Waals surface area contributed by atoms with Crippen LogP contribution in [0.5, 0.6) is 0 Å². The lowest BCUT2D eigenvalue weighted by Crippen LogP contribution is -2.53. The monoisotopic (exact) mass is 341 g/mol. The van der Waals surface area contributed by atoms with E-state index in [0.717, 1.165) is 0 Å². The summed E-state index contributed by atoms with van der Waals surface area (Å²) in [5, 5.41) is 12.7. The van der Waals surface area contributed by atoms with E-state index >= 15 is 0 Å². The minimum absolute atomic E-state index is 0.0840. The highest BCUT2D eigenvalue weighted by atomic mass is 35.5. The molecule has 2 N–H and O–H groups in total. The van der Waals surface area contributed by atoms with Gasteiger partial charge in [0.25, 0.3) is 0 Å². The molecule has 120 valence electrons. The third kappa shape index (κ3) is 3.02. The van der Waals surface area contributed by atoms with Crippen LogP contribution in [0.3, 0.4) is 0 Å². The molecular formula is C15H11ClF3N3O. The number of rotatable bonds is 1. The summed E-state index contributed by atoms with van der Waals surface area (Å²) in [5.74, 6) is -0.128. The molecule has 0 radical (unpaired) electrons. The summed E-state index contributed by atoms with van der Waals surface area (Å²) in [6.07, 6.45) is -4.33. The Bertz CT molecular complexity index is 761. The molecule has 1 aromatic carbocycles. The van der Waals surface area contributed by atoms with Crippen molar-refractivity contribution < 1.29 is 18.3 Å². The van der Waals surface area contributed by atoms with Crippen molar-refractivity contribution in [1.29, 1.82) is 0 Å². The Morgan fingerprint density at radius 2 is 1.87 bits per heavy atom. The Labute approximate surface area is 134 Å². The molecule has 1 aliphatic heterocycles. The van der Waals surface area contributed by atoms with Crippen molar-refractivity contribution in [3.63, 3.8) is 0 Å². The second-order valence-electron chi connectivity index (χ2n) is 5.10. The molecule has 4 nitrogen and oxygen atoms in total. The van der Waals surface area contributed by atoms with E-state index in [1.807, 2.05) is 0 Å². The average Bonchev–Trinajstić information content (AvgIpc) is 2.64. The topological polar surface area (TPSA) is 57.5 Å². The molecular weight excluding hydrogens is 331 g/mol. The Morgan fingerprint density at radius 1 is 1.17 bits per heavy atom. The smallest absolute Gasteiger partial charge is 0.363 e. The molecule has 2 heterocycles. The molecule has 1 atom stereocenters. The number of nitrogens with zero attached hydrogens (tertiary/aromatic N) is 2. The molecule has 0 fully saturated rings. The number of fused-ring (bicyclic) bond motifs is 1. The summed E-state index contributed by atoms with van der Waals surface area (Å²) in [7, 11) is 0. The van der Waals surface area contributed by atoms with E-state index in [-0.39, 0.29) is 17.2 Å². The van der Waals surface area contributed by atoms with Crippen LogP contribution >= 0.6 is 11.6 Å². The van der Waals surface area contributed by atoms with Gasteiger partial charge in [-0.2, -0.15) is 13.2 Å². The number of aliphatic hydroxyl groups is 1. The van der Waals surface area contributed by atoms with Crippen molar-refractivity contribution in [2.45, 2.75) is 18.3 Å². The Balaban J connectivity index is 2.14. The molecule has 23 heavy (non-hydrogen) atoms. The molecule has 2 aromatic rings. The number of pyridine rings is 1. The van der Waals surface area contributed by atoms with Gasteiger partial charge in [0.1, 0.15) is 5.69 Å². The summed E-state index contributed by atoms with van der Waals surface area (Å²) < 4.78 is 40.0. The second kappa shape index (κ2) is 5.50. The SMILES string of the molecule is OC1(C(F)(F)F)CC(c2ccc(Cl)cc2)=Nc2cccnc2N1. The molecule has 0 amide bonds. The van der Waals surface area contributed by atoms with Gasteiger partial charge in [0.05, 0.1) is 5.71 Å². The zero-order chi connectivity index (χ0) is 16.7. The number of alkyl halides is 3. The molecule has 8 heteroatoms. The van der Waals surface area contributed by atoms with Crippen molar-refractivity contribution >= 4 is 28.8 Å². The first-order chi connectivity index (χ1) is 10.8. The first kappa shape index (κ1) is 15.8. The van der Waals surface area contributed by atoms with E-state index in [9.17, 15) is 18.3 Å². The highest BCUT2D eigenvalue weighted by molar-refractivity contribution is 6.30. The minimum Gasteiger partial charge on any atom is -0.363 e. The highest BCUT2D eigenvalue weighted by Gasteiger charge is 2.55. The molecule has 0 aliphatic carbocycles. The average molecular weight is 342 g/mol. The lowest BCUT2D eigenvalue weighted by Gasteiger charge is -2.30. The summed E-state index contributed by atoms with van der Waals surface area (Å²) in [4.78, 5) is 8.07. The Hall–Kier alpha value is -2.12. The zero-order valence-electron chi connectivity index (χ0n) is 11.6. The van der Waals surface area contributed by atoms with Crippen LogP contribution in [0.2, 0.25) is 5.02 Å². The third-order valence-corrected chi connectivity index (χ3v) is 3.69. The summed E-state index contributed by atoms with van der Waals surface area (Å²) >= 11 is 5.80. The number of hydrogen-bond donors (Lipinski definition) is 2. The highest BCUT2D eigenvalue weighted by Crippen LogP contribution is 2.39. The fourth-order valence-corrected chi connectivity index (χ4v) is 2.36. The van der Waals surface area contributed by atoms with Crippen molar-refractivity contribution in [3.8, 4) is 0 Å². The van der Waals surface area contributed by atoms with E-state index in [2.05, 4.69) is 15.3 Å². The maximum Gasteiger partial charge on any atom is 0.436 e. The van der Waals surface area contributed by atoms with Crippen LogP contribution < -0.4 is 5.32 Å².